The van der Waals surface area contributed by atoms with E-state index in [9.17, 15) is 14.4 Å². The van der Waals surface area contributed by atoms with Crippen molar-refractivity contribution in [1.82, 2.24) is 9.80 Å². The van der Waals surface area contributed by atoms with Gasteiger partial charge in [-0.25, -0.2) is 4.99 Å². The van der Waals surface area contributed by atoms with Crippen LogP contribution in [0.2, 0.25) is 0 Å². The van der Waals surface area contributed by atoms with Crippen molar-refractivity contribution in [2.75, 3.05) is 57.0 Å². The molecule has 3 N–H and O–H groups in total. The average Bonchev–Trinajstić information content (AvgIpc) is 3.52. The molecule has 0 aromatic heterocycles. The Kier molecular flexibility index (Phi) is 10.9. The van der Waals surface area contributed by atoms with Gasteiger partial charge in [0, 0.05) is 68.4 Å². The van der Waals surface area contributed by atoms with Crippen molar-refractivity contribution < 1.29 is 14.4 Å². The van der Waals surface area contributed by atoms with Crippen LogP contribution in [0.5, 0.6) is 0 Å². The second-order valence-corrected chi connectivity index (χ2v) is 13.8. The molecule has 0 bridgehead atoms. The minimum Gasteiger partial charge on any atom is -0.369 e. The Morgan fingerprint density at radius 3 is 2.02 bits per heavy atom. The third-order valence-corrected chi connectivity index (χ3v) is 10.2. The molecule has 9 nitrogen and oxygen atoms in total. The van der Waals surface area contributed by atoms with Gasteiger partial charge in [0.15, 0.2) is 0 Å². The van der Waals surface area contributed by atoms with Crippen LogP contribution in [0, 0.1) is 0 Å². The van der Waals surface area contributed by atoms with Crippen molar-refractivity contribution in [3.05, 3.63) is 166 Å². The molecule has 54 heavy (non-hydrogen) atoms. The van der Waals surface area contributed by atoms with E-state index in [-0.39, 0.29) is 11.8 Å². The Labute approximate surface area is 315 Å². The van der Waals surface area contributed by atoms with E-state index in [4.69, 9.17) is 5.73 Å². The molecule has 272 valence electrons. The summed E-state index contributed by atoms with van der Waals surface area (Å²) in [6.07, 6.45) is 0.452. The van der Waals surface area contributed by atoms with Crippen LogP contribution >= 0.6 is 0 Å². The molecular weight excluding hydrogens is 673 g/mol. The molecule has 5 aromatic carbocycles. The molecule has 0 aliphatic carbocycles. The molecular formula is C45H44N6O3. The molecule has 0 radical (unpaired) electrons. The number of primary amides is 1. The fourth-order valence-corrected chi connectivity index (χ4v) is 7.17. The van der Waals surface area contributed by atoms with Gasteiger partial charge in [0.1, 0.15) is 0 Å². The monoisotopic (exact) mass is 716 g/mol. The SMILES string of the molecule is CN1CCN(CCC(=O)N(C)c2ccc(NC(=C(C3=c4cc(C(C(N)=O)c5ccccc5)ccc4=NC3=O)c3ccccc3)c3ccccc3)cc2)CC1. The summed E-state index contributed by atoms with van der Waals surface area (Å²) < 4.78 is 0. The highest BCUT2D eigenvalue weighted by molar-refractivity contribution is 6.35. The lowest BCUT2D eigenvalue weighted by Gasteiger charge is -2.32. The zero-order chi connectivity index (χ0) is 37.6. The van der Waals surface area contributed by atoms with Crippen molar-refractivity contribution in [1.29, 1.82) is 0 Å². The number of nitrogens with zero attached hydrogens (tertiary/aromatic N) is 4. The first-order valence-electron chi connectivity index (χ1n) is 18.3. The number of carbonyl (C=O) groups is 3. The number of benzene rings is 5. The predicted molar refractivity (Wildman–Crippen MR) is 215 cm³/mol. The summed E-state index contributed by atoms with van der Waals surface area (Å²) in [4.78, 5) is 51.0. The van der Waals surface area contributed by atoms with Gasteiger partial charge in [-0.2, -0.15) is 0 Å². The quantitative estimate of drug-likeness (QED) is 0.178. The highest BCUT2D eigenvalue weighted by Gasteiger charge is 2.28. The normalized spacial score (nSPS) is 15.5. The minimum atomic E-state index is -0.709. The molecule has 2 heterocycles. The van der Waals surface area contributed by atoms with Gasteiger partial charge in [-0.15, -0.1) is 0 Å². The predicted octanol–water partition coefficient (Wildman–Crippen LogP) is 4.90. The fourth-order valence-electron chi connectivity index (χ4n) is 7.17. The molecule has 1 saturated heterocycles. The lowest BCUT2D eigenvalue weighted by atomic mass is 9.88. The number of piperazine rings is 1. The molecule has 1 unspecified atom stereocenters. The van der Waals surface area contributed by atoms with Crippen LogP contribution in [0.1, 0.15) is 34.6 Å². The van der Waals surface area contributed by atoms with E-state index in [1.54, 1.807) is 11.0 Å². The first-order chi connectivity index (χ1) is 26.3. The van der Waals surface area contributed by atoms with Crippen LogP contribution in [0.4, 0.5) is 11.4 Å². The molecule has 0 saturated carbocycles. The smallest absolute Gasteiger partial charge is 0.278 e. The molecule has 2 aliphatic heterocycles. The summed E-state index contributed by atoms with van der Waals surface area (Å²) in [7, 11) is 3.94. The van der Waals surface area contributed by atoms with E-state index in [1.165, 1.54) is 0 Å². The van der Waals surface area contributed by atoms with Crippen molar-refractivity contribution in [3.63, 3.8) is 0 Å². The molecule has 5 aromatic rings. The van der Waals surface area contributed by atoms with Crippen molar-refractivity contribution in [3.8, 4) is 0 Å². The molecule has 1 atom stereocenters. The number of hydrogen-bond acceptors (Lipinski definition) is 6. The highest BCUT2D eigenvalue weighted by Crippen LogP contribution is 2.35. The number of anilines is 2. The average molecular weight is 717 g/mol. The maximum atomic E-state index is 14.1. The highest BCUT2D eigenvalue weighted by atomic mass is 16.2. The third kappa shape index (κ3) is 7.93. The summed E-state index contributed by atoms with van der Waals surface area (Å²) in [5, 5.41) is 4.80. The fraction of sp³-hybridized carbons (Fsp3) is 0.200. The molecule has 2 aliphatic rings. The van der Waals surface area contributed by atoms with Gasteiger partial charge >= 0.3 is 0 Å². The first-order valence-corrected chi connectivity index (χ1v) is 18.3. The molecule has 3 amide bonds. The van der Waals surface area contributed by atoms with E-state index in [0.717, 1.165) is 60.8 Å². The van der Waals surface area contributed by atoms with Gasteiger partial charge in [0.2, 0.25) is 11.8 Å². The van der Waals surface area contributed by atoms with Crippen molar-refractivity contribution in [2.24, 2.45) is 10.7 Å². The number of carbonyl (C=O) groups excluding carboxylic acids is 3. The van der Waals surface area contributed by atoms with Crippen LogP contribution in [-0.4, -0.2) is 74.3 Å². The zero-order valence-electron chi connectivity index (χ0n) is 30.6. The Morgan fingerprint density at radius 1 is 0.778 bits per heavy atom. The summed E-state index contributed by atoms with van der Waals surface area (Å²) in [6.45, 7) is 4.73. The number of rotatable bonds is 12. The Hall–Kier alpha value is -6.16. The van der Waals surface area contributed by atoms with Crippen LogP contribution in [0.15, 0.2) is 138 Å². The van der Waals surface area contributed by atoms with Crippen LogP contribution in [0.3, 0.4) is 0 Å². The van der Waals surface area contributed by atoms with Gasteiger partial charge in [0.25, 0.3) is 5.91 Å². The maximum Gasteiger partial charge on any atom is 0.278 e. The van der Waals surface area contributed by atoms with Crippen LogP contribution < -0.4 is 26.5 Å². The molecule has 1 fully saturated rings. The second-order valence-electron chi connectivity index (χ2n) is 13.8. The van der Waals surface area contributed by atoms with Gasteiger partial charge in [-0.1, -0.05) is 97.1 Å². The first kappa shape index (κ1) is 36.2. The van der Waals surface area contributed by atoms with Crippen LogP contribution in [-0.2, 0) is 14.4 Å². The number of nitrogens with one attached hydrogen (secondary N) is 1. The molecule has 9 heteroatoms. The summed E-state index contributed by atoms with van der Waals surface area (Å²) in [5.74, 6) is -1.51. The largest absolute Gasteiger partial charge is 0.369 e. The summed E-state index contributed by atoms with van der Waals surface area (Å²) in [6, 6.07) is 42.3. The number of nitrogens with two attached hydrogens (primary N) is 1. The van der Waals surface area contributed by atoms with Crippen LogP contribution in [0.25, 0.3) is 16.8 Å². The van der Waals surface area contributed by atoms with E-state index < -0.39 is 11.8 Å². The Bertz CT molecular complexity index is 2300. The summed E-state index contributed by atoms with van der Waals surface area (Å²) >= 11 is 0. The molecule has 7 rings (SSSR count). The van der Waals surface area contributed by atoms with Crippen molar-refractivity contribution >= 4 is 45.9 Å². The van der Waals surface area contributed by atoms with Gasteiger partial charge < -0.3 is 25.8 Å². The van der Waals surface area contributed by atoms with Crippen molar-refractivity contribution in [2.45, 2.75) is 12.3 Å². The second kappa shape index (κ2) is 16.2. The van der Waals surface area contributed by atoms with Gasteiger partial charge in [-0.3, -0.25) is 14.4 Å². The van der Waals surface area contributed by atoms with E-state index in [2.05, 4.69) is 27.2 Å². The van der Waals surface area contributed by atoms with E-state index >= 15 is 0 Å². The standard InChI is InChI=1S/C45H44N6O3/c1-49-26-28-51(29-27-49)25-24-39(52)50(2)36-21-19-35(20-22-36)47-43(33-16-10-5-11-17-33)41(32-14-8-4-9-15-32)42-37-30-34(18-23-38(37)48-45(42)54)40(44(46)53)31-12-6-3-7-13-31/h3-23,30,40,47H,24-29H2,1-2H3,(H2,46,53). The topological polar surface area (TPSA) is 111 Å². The number of fused-ring (bicyclic) bond motifs is 1. The maximum absolute atomic E-state index is 14.1. The van der Waals surface area contributed by atoms with Gasteiger partial charge in [-0.05, 0) is 65.7 Å². The zero-order valence-corrected chi connectivity index (χ0v) is 30.6. The third-order valence-electron chi connectivity index (χ3n) is 10.2. The van der Waals surface area contributed by atoms with E-state index in [1.807, 2.05) is 134 Å². The summed E-state index contributed by atoms with van der Waals surface area (Å²) in [5.41, 5.74) is 12.5. The number of likely N-dealkylation sites (N-methyl/N-ethyl adjacent to an activating group) is 1. The Morgan fingerprint density at radius 2 is 1.39 bits per heavy atom. The van der Waals surface area contributed by atoms with Gasteiger partial charge in [0.05, 0.1) is 22.5 Å². The minimum absolute atomic E-state index is 0.0645. The lowest BCUT2D eigenvalue weighted by Crippen LogP contribution is -2.45. The lowest BCUT2D eigenvalue weighted by molar-refractivity contribution is -0.119. The number of amides is 3. The molecule has 0 spiro atoms. The number of hydrogen-bond donors (Lipinski definition) is 2. The van der Waals surface area contributed by atoms with E-state index in [0.29, 0.717) is 39.4 Å². The Balaban J connectivity index is 1.29.